The molecule has 0 saturated carbocycles. The first kappa shape index (κ1) is 27.9. The Kier molecular flexibility index (Phi) is 8.00. The van der Waals surface area contributed by atoms with Gasteiger partial charge in [0.15, 0.2) is 6.10 Å². The summed E-state index contributed by atoms with van der Waals surface area (Å²) in [4.78, 5) is 48.4. The predicted molar refractivity (Wildman–Crippen MR) is 125 cm³/mol. The molecule has 0 unspecified atom stereocenters. The fourth-order valence-corrected chi connectivity index (χ4v) is 5.98. The van der Waals surface area contributed by atoms with E-state index in [0.717, 1.165) is 0 Å². The molecule has 3 aliphatic rings. The van der Waals surface area contributed by atoms with E-state index in [1.165, 1.54) is 33.8 Å². The van der Waals surface area contributed by atoms with Crippen LogP contribution in [-0.2, 0) is 38.1 Å². The summed E-state index contributed by atoms with van der Waals surface area (Å²) in [6, 6.07) is 0. The van der Waals surface area contributed by atoms with Gasteiger partial charge in [0.05, 0.1) is 17.4 Å². The highest BCUT2D eigenvalue weighted by Gasteiger charge is 2.65. The Morgan fingerprint density at radius 2 is 1.72 bits per heavy atom. The van der Waals surface area contributed by atoms with Crippen molar-refractivity contribution in [3.05, 3.63) is 23.3 Å². The van der Waals surface area contributed by atoms with Crippen LogP contribution in [0, 0.1) is 17.3 Å². The van der Waals surface area contributed by atoms with Gasteiger partial charge in [0, 0.05) is 33.1 Å². The third kappa shape index (κ3) is 4.93. The van der Waals surface area contributed by atoms with Gasteiger partial charge in [-0.2, -0.15) is 0 Å². The number of aliphatic hydroxyl groups is 2. The zero-order chi connectivity index (χ0) is 27.0. The van der Waals surface area contributed by atoms with E-state index < -0.39 is 71.1 Å². The molecule has 1 aliphatic heterocycles. The number of aliphatic hydroxyl groups excluding tert-OH is 1. The molecule has 200 valence electrons. The smallest absolute Gasteiger partial charge is 0.312 e. The van der Waals surface area contributed by atoms with Gasteiger partial charge in [-0.25, -0.2) is 0 Å². The summed E-state index contributed by atoms with van der Waals surface area (Å²) < 4.78 is 22.1. The molecule has 1 saturated heterocycles. The monoisotopic (exact) mass is 508 g/mol. The van der Waals surface area contributed by atoms with Crippen LogP contribution < -0.4 is 0 Å². The Morgan fingerprint density at radius 1 is 1.11 bits per heavy atom. The molecule has 8 atom stereocenters. The van der Waals surface area contributed by atoms with E-state index in [2.05, 4.69) is 0 Å². The molecule has 1 fully saturated rings. The van der Waals surface area contributed by atoms with Gasteiger partial charge < -0.3 is 29.2 Å². The topological polar surface area (TPSA) is 146 Å². The first-order valence-electron chi connectivity index (χ1n) is 12.2. The van der Waals surface area contributed by atoms with Crippen molar-refractivity contribution in [2.45, 2.75) is 90.8 Å². The lowest BCUT2D eigenvalue weighted by Gasteiger charge is -2.54. The third-order valence-corrected chi connectivity index (χ3v) is 7.93. The van der Waals surface area contributed by atoms with Crippen molar-refractivity contribution in [2.75, 3.05) is 6.61 Å². The second-order valence-electron chi connectivity index (χ2n) is 10.3. The average Bonchev–Trinajstić information content (AvgIpc) is 2.99. The van der Waals surface area contributed by atoms with E-state index in [9.17, 15) is 29.4 Å². The second kappa shape index (κ2) is 10.3. The van der Waals surface area contributed by atoms with Crippen molar-refractivity contribution in [3.63, 3.8) is 0 Å². The molecule has 1 heterocycles. The molecule has 36 heavy (non-hydrogen) atoms. The predicted octanol–water partition coefficient (Wildman–Crippen LogP) is 1.76. The number of rotatable bonds is 4. The molecule has 10 heteroatoms. The van der Waals surface area contributed by atoms with Crippen molar-refractivity contribution in [1.29, 1.82) is 0 Å². The van der Waals surface area contributed by atoms with Gasteiger partial charge in [-0.1, -0.05) is 18.6 Å². The van der Waals surface area contributed by atoms with E-state index in [1.807, 2.05) is 6.08 Å². The summed E-state index contributed by atoms with van der Waals surface area (Å²) >= 11 is 0. The van der Waals surface area contributed by atoms with Crippen molar-refractivity contribution in [3.8, 4) is 0 Å². The van der Waals surface area contributed by atoms with E-state index >= 15 is 0 Å². The first-order chi connectivity index (χ1) is 16.7. The molecule has 0 spiro atoms. The quantitative estimate of drug-likeness (QED) is 0.327. The van der Waals surface area contributed by atoms with Crippen LogP contribution in [0.4, 0.5) is 0 Å². The Bertz CT molecular complexity index is 983. The minimum atomic E-state index is -2.06. The van der Waals surface area contributed by atoms with E-state index in [0.29, 0.717) is 17.6 Å². The summed E-state index contributed by atoms with van der Waals surface area (Å²) in [5.74, 6) is -4.26. The molecule has 0 bridgehead atoms. The zero-order valence-corrected chi connectivity index (χ0v) is 21.6. The molecular formula is C26H36O10. The Hall–Kier alpha value is -2.72. The lowest BCUT2D eigenvalue weighted by molar-refractivity contribution is -0.205. The van der Waals surface area contributed by atoms with Crippen molar-refractivity contribution in [2.24, 2.45) is 17.3 Å². The minimum Gasteiger partial charge on any atom is -0.462 e. The molecule has 0 aromatic heterocycles. The molecule has 0 aromatic rings. The maximum atomic E-state index is 12.6. The fraction of sp³-hybridized carbons (Fsp3) is 0.692. The van der Waals surface area contributed by atoms with Gasteiger partial charge in [0.2, 0.25) is 0 Å². The number of hydrogen-bond acceptors (Lipinski definition) is 10. The number of fused-ring (bicyclic) bond motifs is 2. The lowest BCUT2D eigenvalue weighted by Crippen LogP contribution is -2.64. The summed E-state index contributed by atoms with van der Waals surface area (Å²) in [5, 5.41) is 23.8. The highest BCUT2D eigenvalue weighted by atomic mass is 16.6. The van der Waals surface area contributed by atoms with Crippen LogP contribution in [0.15, 0.2) is 23.3 Å². The van der Waals surface area contributed by atoms with Crippen LogP contribution in [0.25, 0.3) is 0 Å². The van der Waals surface area contributed by atoms with Gasteiger partial charge >= 0.3 is 23.9 Å². The number of carbonyl (C=O) groups excluding carboxylic acids is 4. The van der Waals surface area contributed by atoms with Crippen LogP contribution in [-0.4, -0.2) is 70.7 Å². The van der Waals surface area contributed by atoms with Crippen LogP contribution in [0.1, 0.15) is 60.8 Å². The zero-order valence-electron chi connectivity index (χ0n) is 21.6. The Balaban J connectivity index is 2.24. The molecule has 0 radical (unpaired) electrons. The number of ether oxygens (including phenoxy) is 4. The number of esters is 4. The summed E-state index contributed by atoms with van der Waals surface area (Å²) in [6.07, 6.45) is -0.275. The van der Waals surface area contributed by atoms with Crippen LogP contribution in [0.5, 0.6) is 0 Å². The van der Waals surface area contributed by atoms with Crippen molar-refractivity contribution >= 4 is 23.9 Å². The molecular weight excluding hydrogens is 472 g/mol. The van der Waals surface area contributed by atoms with Gasteiger partial charge in [0.1, 0.15) is 24.4 Å². The average molecular weight is 509 g/mol. The minimum absolute atomic E-state index is 0.136. The van der Waals surface area contributed by atoms with Crippen molar-refractivity contribution in [1.82, 2.24) is 0 Å². The lowest BCUT2D eigenvalue weighted by atomic mass is 9.56. The first-order valence-corrected chi connectivity index (χ1v) is 12.2. The third-order valence-electron chi connectivity index (χ3n) is 7.93. The molecule has 0 aromatic carbocycles. The van der Waals surface area contributed by atoms with Crippen LogP contribution in [0.2, 0.25) is 0 Å². The molecule has 0 amide bonds. The summed E-state index contributed by atoms with van der Waals surface area (Å²) in [5.41, 5.74) is -2.01. The highest BCUT2D eigenvalue weighted by Crippen LogP contribution is 2.54. The van der Waals surface area contributed by atoms with E-state index in [4.69, 9.17) is 18.9 Å². The summed E-state index contributed by atoms with van der Waals surface area (Å²) in [7, 11) is 0. The molecule has 2 aliphatic carbocycles. The maximum absolute atomic E-state index is 12.6. The SMILES string of the molecule is CC(=O)OC/C1=C/[C@@H]2OC(=O)[C@H](C)[C@@]2(O)[C@H](O)[C@H]2C(C)=CC[C@H](OC(C)=O)[C@]2(C)[C@@H](OC(C)=O)CC1. The summed E-state index contributed by atoms with van der Waals surface area (Å²) in [6.45, 7) is 8.69. The highest BCUT2D eigenvalue weighted by molar-refractivity contribution is 5.77. The standard InChI is InChI=1S/C26H36O10/c1-13-7-9-19(34-16(4)28)25(6)20(35-17(5)29)10-8-18(12-33-15(3)27)11-21-26(32,23(30)22(13)25)14(2)24(31)36-21/h7,11,14,19-23,30,32H,8-10,12H2,1-6H3/b18-11+/t14-,19-,20-,21-,22+,23+,25+,26-/m0/s1. The molecule has 2 N–H and O–H groups in total. The Labute approximate surface area is 210 Å². The van der Waals surface area contributed by atoms with Gasteiger partial charge in [-0.3, -0.25) is 19.2 Å². The van der Waals surface area contributed by atoms with E-state index in [-0.39, 0.29) is 19.4 Å². The number of carbonyl (C=O) groups is 4. The van der Waals surface area contributed by atoms with Crippen LogP contribution in [0.3, 0.4) is 0 Å². The van der Waals surface area contributed by atoms with Gasteiger partial charge in [-0.15, -0.1) is 0 Å². The fourth-order valence-electron chi connectivity index (χ4n) is 5.98. The molecule has 3 rings (SSSR count). The maximum Gasteiger partial charge on any atom is 0.312 e. The number of hydrogen-bond donors (Lipinski definition) is 2. The second-order valence-corrected chi connectivity index (χ2v) is 10.3. The molecule has 10 nitrogen and oxygen atoms in total. The normalized spacial score (nSPS) is 39.8. The van der Waals surface area contributed by atoms with E-state index in [1.54, 1.807) is 13.8 Å². The van der Waals surface area contributed by atoms with Gasteiger partial charge in [-0.05, 0) is 38.3 Å². The van der Waals surface area contributed by atoms with Crippen LogP contribution >= 0.6 is 0 Å². The van der Waals surface area contributed by atoms with Crippen molar-refractivity contribution < 1.29 is 48.3 Å². The van der Waals surface area contributed by atoms with Gasteiger partial charge in [0.25, 0.3) is 0 Å². The Morgan fingerprint density at radius 3 is 2.31 bits per heavy atom. The largest absolute Gasteiger partial charge is 0.462 e.